The molecule has 0 saturated heterocycles. The minimum absolute atomic E-state index is 0.217. The number of urea groups is 1. The Morgan fingerprint density at radius 2 is 2.00 bits per heavy atom. The number of carbonyl (C=O) groups excluding carboxylic acids is 1. The van der Waals surface area contributed by atoms with Crippen LogP contribution in [0, 0.1) is 6.92 Å². The summed E-state index contributed by atoms with van der Waals surface area (Å²) in [5.74, 6) is 0.840. The van der Waals surface area contributed by atoms with Crippen molar-refractivity contribution >= 4 is 27.6 Å². The average Bonchev–Trinajstić information content (AvgIpc) is 2.51. The predicted octanol–water partition coefficient (Wildman–Crippen LogP) is 4.13. The summed E-state index contributed by atoms with van der Waals surface area (Å²) in [6, 6.07) is 13.3. The van der Waals surface area contributed by atoms with E-state index in [1.54, 1.807) is 7.11 Å². The Kier molecular flexibility index (Phi) is 5.83. The summed E-state index contributed by atoms with van der Waals surface area (Å²) >= 11 is 3.45. The molecule has 0 saturated carbocycles. The van der Waals surface area contributed by atoms with Crippen LogP contribution in [0.4, 0.5) is 10.5 Å². The molecule has 0 radical (unpaired) electrons. The van der Waals surface area contributed by atoms with Gasteiger partial charge in [0.15, 0.2) is 0 Å². The normalized spacial score (nSPS) is 10.1. The van der Waals surface area contributed by atoms with Crippen molar-refractivity contribution in [1.29, 1.82) is 0 Å². The SMILES string of the molecule is COc1ccccc1CCNC(=O)Nc1ccc(C)c(Br)c1. The number of hydrogen-bond donors (Lipinski definition) is 2. The summed E-state index contributed by atoms with van der Waals surface area (Å²) in [6.07, 6.45) is 0.717. The number of anilines is 1. The first-order valence-corrected chi connectivity index (χ1v) is 7.82. The van der Waals surface area contributed by atoms with E-state index in [2.05, 4.69) is 26.6 Å². The molecule has 0 fully saturated rings. The zero-order valence-corrected chi connectivity index (χ0v) is 14.2. The van der Waals surface area contributed by atoms with Crippen molar-refractivity contribution in [3.8, 4) is 5.75 Å². The van der Waals surface area contributed by atoms with E-state index in [9.17, 15) is 4.79 Å². The Labute approximate surface area is 139 Å². The van der Waals surface area contributed by atoms with Crippen molar-refractivity contribution in [3.05, 3.63) is 58.1 Å². The molecule has 2 aromatic rings. The van der Waals surface area contributed by atoms with Gasteiger partial charge in [-0.15, -0.1) is 0 Å². The van der Waals surface area contributed by atoms with Crippen molar-refractivity contribution in [3.63, 3.8) is 0 Å². The van der Waals surface area contributed by atoms with Crippen LogP contribution in [0.5, 0.6) is 5.75 Å². The number of halogens is 1. The summed E-state index contributed by atoms with van der Waals surface area (Å²) in [4.78, 5) is 11.9. The highest BCUT2D eigenvalue weighted by molar-refractivity contribution is 9.10. The van der Waals surface area contributed by atoms with E-state index in [1.807, 2.05) is 49.4 Å². The number of aryl methyl sites for hydroxylation is 1. The van der Waals surface area contributed by atoms with Gasteiger partial charge >= 0.3 is 6.03 Å². The molecular weight excluding hydrogens is 344 g/mol. The minimum atomic E-state index is -0.217. The van der Waals surface area contributed by atoms with Crippen LogP contribution in [0.25, 0.3) is 0 Å². The maximum absolute atomic E-state index is 11.9. The van der Waals surface area contributed by atoms with E-state index in [-0.39, 0.29) is 6.03 Å². The third-order valence-electron chi connectivity index (χ3n) is 3.30. The van der Waals surface area contributed by atoms with E-state index >= 15 is 0 Å². The summed E-state index contributed by atoms with van der Waals surface area (Å²) in [5.41, 5.74) is 2.96. The van der Waals surface area contributed by atoms with Gasteiger partial charge in [-0.1, -0.05) is 40.2 Å². The quantitative estimate of drug-likeness (QED) is 0.839. The number of benzene rings is 2. The molecule has 2 N–H and O–H groups in total. The highest BCUT2D eigenvalue weighted by Gasteiger charge is 2.05. The highest BCUT2D eigenvalue weighted by atomic mass is 79.9. The number of nitrogens with one attached hydrogen (secondary N) is 2. The van der Waals surface area contributed by atoms with Crippen LogP contribution in [-0.4, -0.2) is 19.7 Å². The maximum atomic E-state index is 11.9. The van der Waals surface area contributed by atoms with Crippen LogP contribution >= 0.6 is 15.9 Å². The molecular formula is C17H19BrN2O2. The number of methoxy groups -OCH3 is 1. The highest BCUT2D eigenvalue weighted by Crippen LogP contribution is 2.20. The van der Waals surface area contributed by atoms with Gasteiger partial charge < -0.3 is 15.4 Å². The van der Waals surface area contributed by atoms with Crippen molar-refractivity contribution in [1.82, 2.24) is 5.32 Å². The van der Waals surface area contributed by atoms with Gasteiger partial charge in [-0.05, 0) is 42.7 Å². The number of ether oxygens (including phenoxy) is 1. The van der Waals surface area contributed by atoms with Crippen LogP contribution in [0.1, 0.15) is 11.1 Å². The van der Waals surface area contributed by atoms with Crippen LogP contribution in [0.15, 0.2) is 46.9 Å². The lowest BCUT2D eigenvalue weighted by atomic mass is 10.1. The molecule has 0 aliphatic carbocycles. The molecule has 2 rings (SSSR count). The molecule has 0 aromatic heterocycles. The van der Waals surface area contributed by atoms with E-state index in [0.29, 0.717) is 6.54 Å². The first-order valence-electron chi connectivity index (χ1n) is 7.03. The standard InChI is InChI=1S/C17H19BrN2O2/c1-12-7-8-14(11-15(12)18)20-17(21)19-10-9-13-5-3-4-6-16(13)22-2/h3-8,11H,9-10H2,1-2H3,(H2,19,20,21). The summed E-state index contributed by atoms with van der Waals surface area (Å²) < 4.78 is 6.26. The monoisotopic (exact) mass is 362 g/mol. The van der Waals surface area contributed by atoms with Crippen LogP contribution in [0.3, 0.4) is 0 Å². The van der Waals surface area contributed by atoms with Gasteiger partial charge in [0.2, 0.25) is 0 Å². The minimum Gasteiger partial charge on any atom is -0.496 e. The summed E-state index contributed by atoms with van der Waals surface area (Å²) in [5, 5.41) is 5.66. The molecule has 0 aliphatic rings. The van der Waals surface area contributed by atoms with Gasteiger partial charge in [-0.25, -0.2) is 4.79 Å². The van der Waals surface area contributed by atoms with Crippen LogP contribution in [0.2, 0.25) is 0 Å². The molecule has 2 amide bonds. The average molecular weight is 363 g/mol. The number of para-hydroxylation sites is 1. The van der Waals surface area contributed by atoms with Crippen molar-refractivity contribution in [2.24, 2.45) is 0 Å². The second-order valence-electron chi connectivity index (χ2n) is 4.91. The van der Waals surface area contributed by atoms with Crippen molar-refractivity contribution in [2.75, 3.05) is 19.0 Å². The molecule has 22 heavy (non-hydrogen) atoms. The van der Waals surface area contributed by atoms with E-state index in [0.717, 1.165) is 33.5 Å². The zero-order valence-electron chi connectivity index (χ0n) is 12.7. The third-order valence-corrected chi connectivity index (χ3v) is 4.16. The fourth-order valence-electron chi connectivity index (χ4n) is 2.07. The Hall–Kier alpha value is -2.01. The Balaban J connectivity index is 1.84. The summed E-state index contributed by atoms with van der Waals surface area (Å²) in [7, 11) is 1.65. The Morgan fingerprint density at radius 3 is 2.73 bits per heavy atom. The largest absolute Gasteiger partial charge is 0.496 e. The Bertz CT molecular complexity index is 659. The molecule has 0 unspecified atom stereocenters. The molecule has 0 aliphatic heterocycles. The topological polar surface area (TPSA) is 50.4 Å². The smallest absolute Gasteiger partial charge is 0.319 e. The van der Waals surface area contributed by atoms with E-state index in [1.165, 1.54) is 0 Å². The van der Waals surface area contributed by atoms with Gasteiger partial charge in [0.05, 0.1) is 7.11 Å². The Morgan fingerprint density at radius 1 is 1.23 bits per heavy atom. The van der Waals surface area contributed by atoms with Gasteiger partial charge in [0.25, 0.3) is 0 Å². The molecule has 116 valence electrons. The first-order chi connectivity index (χ1) is 10.6. The molecule has 0 bridgehead atoms. The van der Waals surface area contributed by atoms with Gasteiger partial charge in [0.1, 0.15) is 5.75 Å². The molecule has 2 aromatic carbocycles. The van der Waals surface area contributed by atoms with Gasteiger partial charge in [-0.2, -0.15) is 0 Å². The number of hydrogen-bond acceptors (Lipinski definition) is 2. The lowest BCUT2D eigenvalue weighted by molar-refractivity contribution is 0.252. The second-order valence-corrected chi connectivity index (χ2v) is 5.76. The third kappa shape index (κ3) is 4.49. The number of amides is 2. The van der Waals surface area contributed by atoms with E-state index < -0.39 is 0 Å². The molecule has 0 spiro atoms. The number of rotatable bonds is 5. The van der Waals surface area contributed by atoms with Gasteiger partial charge in [0, 0.05) is 16.7 Å². The second kappa shape index (κ2) is 7.84. The van der Waals surface area contributed by atoms with Gasteiger partial charge in [-0.3, -0.25) is 0 Å². The lowest BCUT2D eigenvalue weighted by Gasteiger charge is -2.10. The first kappa shape index (κ1) is 16.4. The lowest BCUT2D eigenvalue weighted by Crippen LogP contribution is -2.30. The summed E-state index contributed by atoms with van der Waals surface area (Å²) in [6.45, 7) is 2.54. The fourth-order valence-corrected chi connectivity index (χ4v) is 2.44. The molecule has 5 heteroatoms. The molecule has 0 atom stereocenters. The zero-order chi connectivity index (χ0) is 15.9. The van der Waals surface area contributed by atoms with E-state index in [4.69, 9.17) is 4.74 Å². The van der Waals surface area contributed by atoms with Crippen molar-refractivity contribution in [2.45, 2.75) is 13.3 Å². The maximum Gasteiger partial charge on any atom is 0.319 e. The number of carbonyl (C=O) groups is 1. The predicted molar refractivity (Wildman–Crippen MR) is 92.6 cm³/mol. The van der Waals surface area contributed by atoms with Crippen molar-refractivity contribution < 1.29 is 9.53 Å². The van der Waals surface area contributed by atoms with Crippen LogP contribution < -0.4 is 15.4 Å². The molecule has 0 heterocycles. The van der Waals surface area contributed by atoms with Crippen LogP contribution in [-0.2, 0) is 6.42 Å². The fraction of sp³-hybridized carbons (Fsp3) is 0.235. The molecule has 4 nitrogen and oxygen atoms in total.